The maximum atomic E-state index is 12.0. The van der Waals surface area contributed by atoms with Crippen LogP contribution < -0.4 is 0 Å². The van der Waals surface area contributed by atoms with Gasteiger partial charge in [0.1, 0.15) is 6.10 Å². The number of esters is 2. The van der Waals surface area contributed by atoms with Crippen LogP contribution in [0.25, 0.3) is 0 Å². The molecular weight excluding hydrogens is 815 g/mol. The van der Waals surface area contributed by atoms with Gasteiger partial charge in [0.25, 0.3) is 0 Å². The highest BCUT2D eigenvalue weighted by molar-refractivity contribution is 5.69. The van der Waals surface area contributed by atoms with Gasteiger partial charge in [-0.1, -0.05) is 236 Å². The van der Waals surface area contributed by atoms with Crippen LogP contribution in [-0.4, -0.2) is 58.7 Å². The van der Waals surface area contributed by atoms with Crippen molar-refractivity contribution < 1.29 is 19.1 Å². The molecule has 7 nitrogen and oxygen atoms in total. The van der Waals surface area contributed by atoms with Crippen molar-refractivity contribution >= 4 is 11.9 Å². The van der Waals surface area contributed by atoms with Crippen LogP contribution in [0.2, 0.25) is 0 Å². The number of hydrogen-bond acceptors (Lipinski definition) is 6. The Labute approximate surface area is 414 Å². The Bertz CT molecular complexity index is 1030. The molecule has 0 bridgehead atoms. The van der Waals surface area contributed by atoms with Gasteiger partial charge in [-0.3, -0.25) is 9.59 Å². The molecule has 0 amide bonds. The molecule has 1 heterocycles. The second-order valence-corrected chi connectivity index (χ2v) is 19.3. The second-order valence-electron chi connectivity index (χ2n) is 19.3. The predicted molar refractivity (Wildman–Crippen MR) is 291 cm³/mol. The molecule has 2 atom stereocenters. The second kappa shape index (κ2) is 59.2. The molecule has 0 radical (unpaired) electrons. The number of ether oxygens (including phenoxy) is 2. The molecule has 394 valence electrons. The number of aromatic nitrogens is 2. The smallest absolute Gasteiger partial charge is 0.306 e. The van der Waals surface area contributed by atoms with Gasteiger partial charge in [0.2, 0.25) is 0 Å². The predicted octanol–water partition coefficient (Wildman–Crippen LogP) is 19.2. The van der Waals surface area contributed by atoms with E-state index in [4.69, 9.17) is 9.47 Å². The number of hydrogen-bond donors (Lipinski definition) is 0. The highest BCUT2D eigenvalue weighted by Gasteiger charge is 2.14. The first-order valence-electron chi connectivity index (χ1n) is 29.3. The lowest BCUT2D eigenvalue weighted by Crippen LogP contribution is -2.26. The average molecular weight is 935 g/mol. The minimum Gasteiger partial charge on any atom is -0.466 e. The average Bonchev–Trinajstić information content (AvgIpc) is 3.88. The summed E-state index contributed by atoms with van der Waals surface area (Å²) >= 11 is 0. The quantitative estimate of drug-likeness (QED) is 0.0479. The summed E-state index contributed by atoms with van der Waals surface area (Å²) in [6, 6.07) is 0.554. The Kier molecular flexibility index (Phi) is 61.4. The summed E-state index contributed by atoms with van der Waals surface area (Å²) in [7, 11) is 0. The SMILES string of the molecule is CCCC.CCCCCCCCCCC(CCCCCC)OC(=O)CCCCC.CCCCCCCCCCCOC(=O)CCCCCCCC.CCCN(CC)CCC(C)n1ccnc1. The molecule has 0 saturated carbocycles. The number of rotatable bonds is 44. The summed E-state index contributed by atoms with van der Waals surface area (Å²) in [5.41, 5.74) is 0. The molecule has 1 rings (SSSR count). The lowest BCUT2D eigenvalue weighted by Gasteiger charge is -2.22. The fourth-order valence-corrected chi connectivity index (χ4v) is 7.84. The maximum absolute atomic E-state index is 12.0. The molecule has 2 unspecified atom stereocenters. The van der Waals surface area contributed by atoms with Crippen molar-refractivity contribution in [3.05, 3.63) is 18.7 Å². The summed E-state index contributed by atoms with van der Waals surface area (Å²) in [6.07, 6.45) is 52.5. The molecule has 0 aliphatic heterocycles. The Morgan fingerprint density at radius 1 is 0.470 bits per heavy atom. The number of carbonyl (C=O) groups is 2. The summed E-state index contributed by atoms with van der Waals surface area (Å²) < 4.78 is 13.3. The van der Waals surface area contributed by atoms with Crippen molar-refractivity contribution in [1.29, 1.82) is 0 Å². The molecule has 0 fully saturated rings. The van der Waals surface area contributed by atoms with E-state index in [9.17, 15) is 9.59 Å². The van der Waals surface area contributed by atoms with Gasteiger partial charge >= 0.3 is 11.9 Å². The third kappa shape index (κ3) is 54.7. The van der Waals surface area contributed by atoms with E-state index in [1.807, 2.05) is 18.7 Å². The molecule has 0 N–H and O–H groups in total. The van der Waals surface area contributed by atoms with Crippen LogP contribution in [0.15, 0.2) is 18.7 Å². The Morgan fingerprint density at radius 2 is 0.879 bits per heavy atom. The largest absolute Gasteiger partial charge is 0.466 e. The topological polar surface area (TPSA) is 73.7 Å². The first kappa shape index (κ1) is 68.4. The lowest BCUT2D eigenvalue weighted by atomic mass is 10.0. The molecule has 66 heavy (non-hydrogen) atoms. The Balaban J connectivity index is -0.000000885. The van der Waals surface area contributed by atoms with Crippen LogP contribution >= 0.6 is 0 Å². The molecule has 0 saturated heterocycles. The van der Waals surface area contributed by atoms with Gasteiger partial charge in [0.15, 0.2) is 0 Å². The van der Waals surface area contributed by atoms with E-state index >= 15 is 0 Å². The maximum Gasteiger partial charge on any atom is 0.306 e. The van der Waals surface area contributed by atoms with Gasteiger partial charge in [-0.25, -0.2) is 4.98 Å². The van der Waals surface area contributed by atoms with Gasteiger partial charge in [-0.2, -0.15) is 0 Å². The fourth-order valence-electron chi connectivity index (χ4n) is 7.84. The fraction of sp³-hybridized carbons (Fsp3) is 0.915. The summed E-state index contributed by atoms with van der Waals surface area (Å²) in [5, 5.41) is 0. The van der Waals surface area contributed by atoms with Crippen LogP contribution in [0.5, 0.6) is 0 Å². The third-order valence-corrected chi connectivity index (χ3v) is 12.7. The first-order valence-corrected chi connectivity index (χ1v) is 29.3. The van der Waals surface area contributed by atoms with Crippen LogP contribution in [0, 0.1) is 0 Å². The molecule has 0 aliphatic rings. The van der Waals surface area contributed by atoms with Crippen LogP contribution in [0.3, 0.4) is 0 Å². The first-order chi connectivity index (χ1) is 32.2. The Hall–Kier alpha value is -1.89. The third-order valence-electron chi connectivity index (χ3n) is 12.7. The number of nitrogens with zero attached hydrogens (tertiary/aromatic N) is 3. The molecule has 0 aromatic carbocycles. The summed E-state index contributed by atoms with van der Waals surface area (Å²) in [4.78, 5) is 30.2. The lowest BCUT2D eigenvalue weighted by molar-refractivity contribution is -0.150. The van der Waals surface area contributed by atoms with Gasteiger partial charge in [0, 0.05) is 37.8 Å². The number of unbranched alkanes of at least 4 members (excludes halogenated alkanes) is 26. The van der Waals surface area contributed by atoms with E-state index in [0.717, 1.165) is 51.5 Å². The zero-order valence-electron chi connectivity index (χ0n) is 46.6. The molecule has 0 spiro atoms. The van der Waals surface area contributed by atoms with E-state index < -0.39 is 0 Å². The zero-order valence-corrected chi connectivity index (χ0v) is 46.6. The van der Waals surface area contributed by atoms with Crippen molar-refractivity contribution in [1.82, 2.24) is 14.5 Å². The molecule has 0 aliphatic carbocycles. The van der Waals surface area contributed by atoms with Crippen LogP contribution in [0.4, 0.5) is 0 Å². The van der Waals surface area contributed by atoms with Crippen molar-refractivity contribution in [3.63, 3.8) is 0 Å². The van der Waals surface area contributed by atoms with E-state index in [-0.39, 0.29) is 18.0 Å². The van der Waals surface area contributed by atoms with Crippen molar-refractivity contribution in [2.45, 2.75) is 325 Å². The van der Waals surface area contributed by atoms with E-state index in [0.29, 0.717) is 25.5 Å². The van der Waals surface area contributed by atoms with E-state index in [1.165, 1.54) is 199 Å². The van der Waals surface area contributed by atoms with Crippen molar-refractivity contribution in [3.8, 4) is 0 Å². The van der Waals surface area contributed by atoms with E-state index in [2.05, 4.69) is 83.7 Å². The van der Waals surface area contributed by atoms with Gasteiger partial charge in [0.05, 0.1) is 12.9 Å². The molecular formula is C59H119N3O4. The van der Waals surface area contributed by atoms with Crippen molar-refractivity contribution in [2.24, 2.45) is 0 Å². The van der Waals surface area contributed by atoms with Gasteiger partial charge < -0.3 is 18.9 Å². The highest BCUT2D eigenvalue weighted by Crippen LogP contribution is 2.18. The Morgan fingerprint density at radius 3 is 1.32 bits per heavy atom. The van der Waals surface area contributed by atoms with Crippen LogP contribution in [0.1, 0.15) is 319 Å². The number of carbonyl (C=O) groups excluding carboxylic acids is 2. The minimum absolute atomic E-state index is 0.00931. The zero-order chi connectivity index (χ0) is 49.4. The monoisotopic (exact) mass is 934 g/mol. The van der Waals surface area contributed by atoms with Crippen LogP contribution in [-0.2, 0) is 19.1 Å². The summed E-state index contributed by atoms with van der Waals surface area (Å²) in [5.74, 6) is 0.0450. The standard InChI is InChI=1S/C23H46O2.C20H40O2.C12H23N3.C4H10/c1-4-7-10-12-13-14-15-18-20-22(19-17-11-8-5-2)25-23(24)21-16-9-6-3;1-3-5-7-9-11-12-13-15-17-19-22-20(21)18-16-14-10-8-6-4-2;1-4-8-14(5-2)9-6-12(3)15-10-7-13-11-15;1-3-4-2/h22H,4-21H2,1-3H3;3-19H2,1-2H3;7,10-12H,4-6,8-9H2,1-3H3;3-4H2,1-2H3. The summed E-state index contributed by atoms with van der Waals surface area (Å²) in [6.45, 7) is 26.4. The molecule has 1 aromatic heterocycles. The number of imidazole rings is 1. The molecule has 7 heteroatoms. The minimum atomic E-state index is 0.00931. The van der Waals surface area contributed by atoms with Gasteiger partial charge in [-0.05, 0) is 77.8 Å². The van der Waals surface area contributed by atoms with E-state index in [1.54, 1.807) is 0 Å². The van der Waals surface area contributed by atoms with Gasteiger partial charge in [-0.15, -0.1) is 0 Å². The highest BCUT2D eigenvalue weighted by atomic mass is 16.5. The normalized spacial score (nSPS) is 11.7. The van der Waals surface area contributed by atoms with Crippen molar-refractivity contribution in [2.75, 3.05) is 26.2 Å². The molecule has 1 aromatic rings.